The number of carbonyl (C=O) groups excluding carboxylic acids is 1. The van der Waals surface area contributed by atoms with Crippen LogP contribution in [0.1, 0.15) is 13.3 Å². The van der Waals surface area contributed by atoms with Crippen LogP contribution in [0.3, 0.4) is 0 Å². The molecule has 0 radical (unpaired) electrons. The number of nitrogens with zero attached hydrogens (tertiary/aromatic N) is 1. The van der Waals surface area contributed by atoms with E-state index >= 15 is 0 Å². The molecule has 0 aliphatic carbocycles. The van der Waals surface area contributed by atoms with Crippen molar-refractivity contribution in [2.45, 2.75) is 18.2 Å². The van der Waals surface area contributed by atoms with Gasteiger partial charge >= 0.3 is 0 Å². The van der Waals surface area contributed by atoms with E-state index in [1.54, 1.807) is 54.6 Å². The Bertz CT molecular complexity index is 1080. The molecule has 0 heterocycles. The fraction of sp³-hybridized carbons (Fsp3) is 0.190. The highest BCUT2D eigenvalue weighted by molar-refractivity contribution is 7.93. The molecule has 0 bridgehead atoms. The van der Waals surface area contributed by atoms with Crippen LogP contribution in [0, 0.1) is 0 Å². The highest BCUT2D eigenvalue weighted by atomic mass is 32.2. The van der Waals surface area contributed by atoms with Crippen LogP contribution >= 0.6 is 0 Å². The Kier molecular flexibility index (Phi) is 5.84. The summed E-state index contributed by atoms with van der Waals surface area (Å²) in [5, 5.41) is 1.28. The van der Waals surface area contributed by atoms with Gasteiger partial charge in [-0.1, -0.05) is 42.5 Å². The summed E-state index contributed by atoms with van der Waals surface area (Å²) in [7, 11) is -3.94. The van der Waals surface area contributed by atoms with E-state index in [9.17, 15) is 13.2 Å². The summed E-state index contributed by atoms with van der Waals surface area (Å²) in [5.74, 6) is 0.0631. The second-order valence-corrected chi connectivity index (χ2v) is 8.00. The Morgan fingerprint density at radius 2 is 1.61 bits per heavy atom. The van der Waals surface area contributed by atoms with E-state index in [0.29, 0.717) is 28.8 Å². The lowest BCUT2D eigenvalue weighted by Gasteiger charge is -2.25. The van der Waals surface area contributed by atoms with Crippen molar-refractivity contribution in [3.8, 4) is 5.75 Å². The number of carbonyl (C=O) groups is 1. The van der Waals surface area contributed by atoms with Crippen LogP contribution < -0.4 is 14.8 Å². The highest BCUT2D eigenvalue weighted by Gasteiger charge is 2.27. The molecule has 3 aromatic rings. The van der Waals surface area contributed by atoms with E-state index in [0.717, 1.165) is 0 Å². The zero-order chi connectivity index (χ0) is 20.1. The highest BCUT2D eigenvalue weighted by Crippen LogP contribution is 2.34. The van der Waals surface area contributed by atoms with Gasteiger partial charge in [0, 0.05) is 23.7 Å². The molecular weight excluding hydrogens is 376 g/mol. The third-order valence-corrected chi connectivity index (χ3v) is 6.20. The lowest BCUT2D eigenvalue weighted by Crippen LogP contribution is -2.34. The minimum atomic E-state index is -3.94. The first-order valence-corrected chi connectivity index (χ1v) is 10.4. The van der Waals surface area contributed by atoms with Crippen LogP contribution in [0.25, 0.3) is 10.8 Å². The SMILES string of the molecule is CCOc1ccc(S(=O)(=O)N(CCC(N)=O)c2ccccc2)c2ccccc12. The second-order valence-electron chi connectivity index (χ2n) is 6.17. The number of hydrogen-bond donors (Lipinski definition) is 1. The molecule has 0 aliphatic heterocycles. The van der Waals surface area contributed by atoms with Crippen molar-refractivity contribution >= 4 is 32.4 Å². The lowest BCUT2D eigenvalue weighted by molar-refractivity contribution is -0.117. The fourth-order valence-electron chi connectivity index (χ4n) is 3.06. The molecule has 7 heteroatoms. The molecule has 0 aliphatic rings. The van der Waals surface area contributed by atoms with Gasteiger partial charge in [0.2, 0.25) is 5.91 Å². The monoisotopic (exact) mass is 398 g/mol. The maximum atomic E-state index is 13.6. The molecule has 0 atom stereocenters. The average molecular weight is 398 g/mol. The summed E-state index contributed by atoms with van der Waals surface area (Å²) >= 11 is 0. The van der Waals surface area contributed by atoms with Gasteiger partial charge in [0.25, 0.3) is 10.0 Å². The van der Waals surface area contributed by atoms with Crippen LogP contribution in [0.15, 0.2) is 71.6 Å². The van der Waals surface area contributed by atoms with Crippen molar-refractivity contribution < 1.29 is 17.9 Å². The van der Waals surface area contributed by atoms with E-state index in [4.69, 9.17) is 10.5 Å². The summed E-state index contributed by atoms with van der Waals surface area (Å²) in [6.07, 6.45) is -0.0803. The number of hydrogen-bond acceptors (Lipinski definition) is 4. The van der Waals surface area contributed by atoms with Crippen LogP contribution in [-0.2, 0) is 14.8 Å². The average Bonchev–Trinajstić information content (AvgIpc) is 2.69. The van der Waals surface area contributed by atoms with Crippen molar-refractivity contribution in [1.29, 1.82) is 0 Å². The molecule has 28 heavy (non-hydrogen) atoms. The number of fused-ring (bicyclic) bond motifs is 1. The van der Waals surface area contributed by atoms with Crippen LogP contribution in [0.4, 0.5) is 5.69 Å². The third-order valence-electron chi connectivity index (χ3n) is 4.32. The smallest absolute Gasteiger partial charge is 0.264 e. The van der Waals surface area contributed by atoms with Crippen LogP contribution in [0.5, 0.6) is 5.75 Å². The van der Waals surface area contributed by atoms with Gasteiger partial charge in [-0.25, -0.2) is 8.42 Å². The molecule has 1 amide bonds. The van der Waals surface area contributed by atoms with Crippen molar-refractivity contribution in [1.82, 2.24) is 0 Å². The number of rotatable bonds is 8. The Morgan fingerprint density at radius 3 is 2.25 bits per heavy atom. The summed E-state index contributed by atoms with van der Waals surface area (Å²) in [5.41, 5.74) is 5.74. The lowest BCUT2D eigenvalue weighted by atomic mass is 10.1. The number of sulfonamides is 1. The van der Waals surface area contributed by atoms with Gasteiger partial charge < -0.3 is 10.5 Å². The van der Waals surface area contributed by atoms with E-state index < -0.39 is 15.9 Å². The molecule has 0 unspecified atom stereocenters. The number of nitrogens with two attached hydrogens (primary N) is 1. The minimum absolute atomic E-state index is 0.0385. The van der Waals surface area contributed by atoms with Gasteiger partial charge in [0.05, 0.1) is 17.2 Å². The van der Waals surface area contributed by atoms with E-state index in [2.05, 4.69) is 0 Å². The van der Waals surface area contributed by atoms with Crippen molar-refractivity contribution in [3.63, 3.8) is 0 Å². The first kappa shape index (κ1) is 19.7. The minimum Gasteiger partial charge on any atom is -0.493 e. The maximum absolute atomic E-state index is 13.6. The predicted octanol–water partition coefficient (Wildman–Crippen LogP) is 3.31. The van der Waals surface area contributed by atoms with Gasteiger partial charge in [0.15, 0.2) is 0 Å². The molecule has 2 N–H and O–H groups in total. The number of benzene rings is 3. The summed E-state index contributed by atoms with van der Waals surface area (Å²) in [4.78, 5) is 11.5. The van der Waals surface area contributed by atoms with Crippen LogP contribution in [-0.4, -0.2) is 27.5 Å². The van der Waals surface area contributed by atoms with E-state index in [-0.39, 0.29) is 17.9 Å². The Morgan fingerprint density at radius 1 is 0.964 bits per heavy atom. The normalized spacial score (nSPS) is 11.3. The van der Waals surface area contributed by atoms with Crippen molar-refractivity contribution in [2.24, 2.45) is 5.73 Å². The van der Waals surface area contributed by atoms with Gasteiger partial charge in [-0.3, -0.25) is 9.10 Å². The standard InChI is InChI=1S/C21H22N2O4S/c1-2-27-19-12-13-20(18-11-7-6-10-17(18)19)28(25,26)23(15-14-21(22)24)16-8-4-3-5-9-16/h3-13H,2,14-15H2,1H3,(H2,22,24). The zero-order valence-corrected chi connectivity index (χ0v) is 16.4. The molecule has 3 rings (SSSR count). The zero-order valence-electron chi connectivity index (χ0n) is 15.5. The predicted molar refractivity (Wildman–Crippen MR) is 110 cm³/mol. The summed E-state index contributed by atoms with van der Waals surface area (Å²) in [6, 6.07) is 19.1. The molecule has 146 valence electrons. The number of primary amides is 1. The Balaban J connectivity index is 2.16. The van der Waals surface area contributed by atoms with Crippen molar-refractivity contribution in [3.05, 3.63) is 66.7 Å². The van der Waals surface area contributed by atoms with Crippen LogP contribution in [0.2, 0.25) is 0 Å². The van der Waals surface area contributed by atoms with Gasteiger partial charge in [0.1, 0.15) is 5.75 Å². The number of ether oxygens (including phenoxy) is 1. The van der Waals surface area contributed by atoms with Gasteiger partial charge in [-0.15, -0.1) is 0 Å². The largest absolute Gasteiger partial charge is 0.493 e. The molecule has 0 saturated heterocycles. The molecule has 0 fully saturated rings. The Hall–Kier alpha value is -3.06. The number of para-hydroxylation sites is 1. The number of anilines is 1. The molecule has 0 saturated carbocycles. The van der Waals surface area contributed by atoms with E-state index in [1.165, 1.54) is 4.31 Å². The molecule has 0 aromatic heterocycles. The molecule has 6 nitrogen and oxygen atoms in total. The number of amides is 1. The van der Waals surface area contributed by atoms with Gasteiger partial charge in [-0.2, -0.15) is 0 Å². The molecule has 0 spiro atoms. The summed E-state index contributed by atoms with van der Waals surface area (Å²) in [6.45, 7) is 2.31. The van der Waals surface area contributed by atoms with E-state index in [1.807, 2.05) is 19.1 Å². The second kappa shape index (κ2) is 8.31. The third kappa shape index (κ3) is 3.94. The molecular formula is C21H22N2O4S. The van der Waals surface area contributed by atoms with Gasteiger partial charge in [-0.05, 0) is 31.2 Å². The van der Waals surface area contributed by atoms with Crippen molar-refractivity contribution in [2.75, 3.05) is 17.5 Å². The topological polar surface area (TPSA) is 89.7 Å². The molecule has 3 aromatic carbocycles. The fourth-order valence-corrected chi connectivity index (χ4v) is 4.73. The first-order chi connectivity index (χ1) is 13.4. The maximum Gasteiger partial charge on any atom is 0.264 e. The Labute approximate surface area is 164 Å². The quantitative estimate of drug-likeness (QED) is 0.630. The summed E-state index contributed by atoms with van der Waals surface area (Å²) < 4.78 is 34.0. The first-order valence-electron chi connectivity index (χ1n) is 8.95.